The lowest BCUT2D eigenvalue weighted by molar-refractivity contribution is -0.136. The van der Waals surface area contributed by atoms with Gasteiger partial charge >= 0.3 is 0 Å². The molecule has 0 aliphatic carbocycles. The van der Waals surface area contributed by atoms with Crippen LogP contribution in [0.1, 0.15) is 28.8 Å². The van der Waals surface area contributed by atoms with E-state index in [1.54, 1.807) is 30.1 Å². The summed E-state index contributed by atoms with van der Waals surface area (Å²) in [6.07, 6.45) is 1.24. The van der Waals surface area contributed by atoms with Gasteiger partial charge in [-0.15, -0.1) is 0 Å². The van der Waals surface area contributed by atoms with Crippen LogP contribution in [-0.2, 0) is 11.3 Å². The Morgan fingerprint density at radius 3 is 2.40 bits per heavy atom. The van der Waals surface area contributed by atoms with Gasteiger partial charge in [-0.05, 0) is 35.7 Å². The Labute approximate surface area is 175 Å². The average molecular weight is 404 g/mol. The molecule has 0 saturated carbocycles. The van der Waals surface area contributed by atoms with Crippen molar-refractivity contribution in [3.63, 3.8) is 0 Å². The van der Waals surface area contributed by atoms with Gasteiger partial charge in [0.1, 0.15) is 5.82 Å². The number of carbonyl (C=O) groups is 2. The van der Waals surface area contributed by atoms with E-state index in [9.17, 15) is 14.0 Å². The first kappa shape index (κ1) is 20.1. The van der Waals surface area contributed by atoms with Crippen molar-refractivity contribution in [3.05, 3.63) is 83.7 Å². The fourth-order valence-corrected chi connectivity index (χ4v) is 4.18. The van der Waals surface area contributed by atoms with Crippen LogP contribution >= 0.6 is 0 Å². The lowest BCUT2D eigenvalue weighted by Gasteiger charge is -2.33. The van der Waals surface area contributed by atoms with Crippen LogP contribution in [0.3, 0.4) is 0 Å². The molecule has 0 spiro atoms. The van der Waals surface area contributed by atoms with Crippen molar-refractivity contribution in [2.75, 3.05) is 20.1 Å². The fraction of sp³-hybridized carbons (Fsp3) is 0.280. The number of amides is 2. The SMILES string of the molecule is CN(Cc1ccccc1F)C(=O)C1CCN(C(=O)c2cccc3ccccc23)CC1. The molecule has 154 valence electrons. The zero-order valence-corrected chi connectivity index (χ0v) is 17.1. The smallest absolute Gasteiger partial charge is 0.254 e. The van der Waals surface area contributed by atoms with E-state index in [0.29, 0.717) is 37.1 Å². The zero-order chi connectivity index (χ0) is 21.1. The molecular weight excluding hydrogens is 379 g/mol. The number of benzene rings is 3. The van der Waals surface area contributed by atoms with Crippen LogP contribution in [0.15, 0.2) is 66.7 Å². The molecule has 3 aromatic rings. The molecule has 1 saturated heterocycles. The summed E-state index contributed by atoms with van der Waals surface area (Å²) in [7, 11) is 1.71. The van der Waals surface area contributed by atoms with Gasteiger partial charge in [-0.25, -0.2) is 4.39 Å². The third-order valence-corrected chi connectivity index (χ3v) is 5.89. The number of carbonyl (C=O) groups excluding carboxylic acids is 2. The lowest BCUT2D eigenvalue weighted by Crippen LogP contribution is -2.43. The summed E-state index contributed by atoms with van der Waals surface area (Å²) in [4.78, 5) is 29.4. The first-order valence-electron chi connectivity index (χ1n) is 10.3. The first-order valence-corrected chi connectivity index (χ1v) is 10.3. The number of hydrogen-bond donors (Lipinski definition) is 0. The summed E-state index contributed by atoms with van der Waals surface area (Å²) < 4.78 is 13.9. The largest absolute Gasteiger partial charge is 0.341 e. The molecule has 4 rings (SSSR count). The first-order chi connectivity index (χ1) is 14.5. The van der Waals surface area contributed by atoms with E-state index in [1.165, 1.54) is 6.07 Å². The summed E-state index contributed by atoms with van der Waals surface area (Å²) in [5.74, 6) is -0.418. The minimum Gasteiger partial charge on any atom is -0.341 e. The van der Waals surface area contributed by atoms with Crippen LogP contribution in [0, 0.1) is 11.7 Å². The van der Waals surface area contributed by atoms with E-state index < -0.39 is 0 Å². The molecule has 0 radical (unpaired) electrons. The Balaban J connectivity index is 1.39. The van der Waals surface area contributed by atoms with Crippen molar-refractivity contribution in [1.29, 1.82) is 0 Å². The summed E-state index contributed by atoms with van der Waals surface area (Å²) in [5.41, 5.74) is 1.21. The molecule has 0 bridgehead atoms. The molecule has 1 heterocycles. The Morgan fingerprint density at radius 1 is 0.967 bits per heavy atom. The van der Waals surface area contributed by atoms with Crippen molar-refractivity contribution >= 4 is 22.6 Å². The molecule has 5 heteroatoms. The van der Waals surface area contributed by atoms with Crippen molar-refractivity contribution in [2.24, 2.45) is 5.92 Å². The van der Waals surface area contributed by atoms with Crippen LogP contribution in [0.5, 0.6) is 0 Å². The molecule has 0 unspecified atom stereocenters. The van der Waals surface area contributed by atoms with E-state index in [-0.39, 0.29) is 30.1 Å². The van der Waals surface area contributed by atoms with E-state index >= 15 is 0 Å². The second-order valence-electron chi connectivity index (χ2n) is 7.88. The molecule has 1 aliphatic rings. The van der Waals surface area contributed by atoms with Gasteiger partial charge in [0.05, 0.1) is 0 Å². The standard InChI is InChI=1S/C25H25FN2O2/c1-27(17-20-8-3-5-12-23(20)26)24(29)19-13-15-28(16-14-19)25(30)22-11-6-9-18-7-2-4-10-21(18)22/h2-12,19H,13-17H2,1H3. The molecule has 1 aliphatic heterocycles. The van der Waals surface area contributed by atoms with E-state index in [1.807, 2.05) is 47.4 Å². The number of halogens is 1. The van der Waals surface area contributed by atoms with Gasteiger partial charge in [0.25, 0.3) is 5.91 Å². The van der Waals surface area contributed by atoms with Crippen molar-refractivity contribution in [1.82, 2.24) is 9.80 Å². The highest BCUT2D eigenvalue weighted by molar-refractivity contribution is 6.07. The molecular formula is C25H25FN2O2. The highest BCUT2D eigenvalue weighted by atomic mass is 19.1. The average Bonchev–Trinajstić information content (AvgIpc) is 2.79. The normalized spacial score (nSPS) is 14.7. The number of hydrogen-bond acceptors (Lipinski definition) is 2. The minimum absolute atomic E-state index is 0.00973. The highest BCUT2D eigenvalue weighted by Gasteiger charge is 2.30. The molecule has 1 fully saturated rings. The van der Waals surface area contributed by atoms with E-state index in [4.69, 9.17) is 0 Å². The lowest BCUT2D eigenvalue weighted by atomic mass is 9.94. The third kappa shape index (κ3) is 4.06. The second-order valence-corrected chi connectivity index (χ2v) is 7.88. The monoisotopic (exact) mass is 404 g/mol. The molecule has 30 heavy (non-hydrogen) atoms. The van der Waals surface area contributed by atoms with Crippen molar-refractivity contribution in [2.45, 2.75) is 19.4 Å². The topological polar surface area (TPSA) is 40.6 Å². The Kier molecular flexibility index (Phi) is 5.79. The van der Waals surface area contributed by atoms with Crippen LogP contribution < -0.4 is 0 Å². The van der Waals surface area contributed by atoms with Crippen LogP contribution in [0.4, 0.5) is 4.39 Å². The van der Waals surface area contributed by atoms with E-state index in [2.05, 4.69) is 0 Å². The molecule has 2 amide bonds. The molecule has 0 aromatic heterocycles. The van der Waals surface area contributed by atoms with Crippen molar-refractivity contribution in [3.8, 4) is 0 Å². The molecule has 0 N–H and O–H groups in total. The van der Waals surface area contributed by atoms with Gasteiger partial charge in [-0.2, -0.15) is 0 Å². The van der Waals surface area contributed by atoms with Gasteiger partial charge in [0, 0.05) is 43.7 Å². The quantitative estimate of drug-likeness (QED) is 0.643. The predicted molar refractivity (Wildman–Crippen MR) is 115 cm³/mol. The maximum absolute atomic E-state index is 13.9. The van der Waals surface area contributed by atoms with Gasteiger partial charge in [0.2, 0.25) is 5.91 Å². The van der Waals surface area contributed by atoms with Gasteiger partial charge in [0.15, 0.2) is 0 Å². The molecule has 4 nitrogen and oxygen atoms in total. The van der Waals surface area contributed by atoms with Crippen molar-refractivity contribution < 1.29 is 14.0 Å². The highest BCUT2D eigenvalue weighted by Crippen LogP contribution is 2.25. The maximum atomic E-state index is 13.9. The molecule has 3 aromatic carbocycles. The van der Waals surface area contributed by atoms with Gasteiger partial charge in [-0.3, -0.25) is 9.59 Å². The fourth-order valence-electron chi connectivity index (χ4n) is 4.18. The summed E-state index contributed by atoms with van der Waals surface area (Å²) >= 11 is 0. The number of likely N-dealkylation sites (tertiary alicyclic amines) is 1. The predicted octanol–water partition coefficient (Wildman–Crippen LogP) is 4.49. The Hall–Kier alpha value is -3.21. The zero-order valence-electron chi connectivity index (χ0n) is 17.1. The number of fused-ring (bicyclic) bond motifs is 1. The van der Waals surface area contributed by atoms with Crippen LogP contribution in [0.2, 0.25) is 0 Å². The Bertz CT molecular complexity index is 1070. The van der Waals surface area contributed by atoms with E-state index in [0.717, 1.165) is 10.8 Å². The summed E-state index contributed by atoms with van der Waals surface area (Å²) in [5, 5.41) is 2.00. The summed E-state index contributed by atoms with van der Waals surface area (Å²) in [6.45, 7) is 1.35. The van der Waals surface area contributed by atoms with Gasteiger partial charge < -0.3 is 9.80 Å². The van der Waals surface area contributed by atoms with Gasteiger partial charge in [-0.1, -0.05) is 54.6 Å². The van der Waals surface area contributed by atoms with Crippen LogP contribution in [-0.4, -0.2) is 41.8 Å². The molecule has 0 atom stereocenters. The van der Waals surface area contributed by atoms with Crippen LogP contribution in [0.25, 0.3) is 10.8 Å². The number of piperidine rings is 1. The number of nitrogens with zero attached hydrogens (tertiary/aromatic N) is 2. The summed E-state index contributed by atoms with van der Waals surface area (Å²) in [6, 6.07) is 20.2. The number of rotatable bonds is 4. The maximum Gasteiger partial charge on any atom is 0.254 e. The third-order valence-electron chi connectivity index (χ3n) is 5.89. The minimum atomic E-state index is -0.298. The Morgan fingerprint density at radius 2 is 1.63 bits per heavy atom. The second kappa shape index (κ2) is 8.66.